The van der Waals surface area contributed by atoms with Crippen LogP contribution in [0.15, 0.2) is 30.5 Å². The lowest BCUT2D eigenvalue weighted by atomic mass is 10.1. The van der Waals surface area contributed by atoms with Crippen LogP contribution in [0.1, 0.15) is 32.2 Å². The molecule has 0 radical (unpaired) electrons. The Bertz CT molecular complexity index is 700. The number of alkyl halides is 3. The van der Waals surface area contributed by atoms with Crippen molar-refractivity contribution in [3.63, 3.8) is 0 Å². The molecule has 0 unspecified atom stereocenters. The molecule has 7 heteroatoms. The molecule has 2 aromatic rings. The molecule has 0 saturated heterocycles. The molecule has 0 spiro atoms. The van der Waals surface area contributed by atoms with Crippen LogP contribution in [0.3, 0.4) is 0 Å². The monoisotopic (exact) mass is 353 g/mol. The number of ether oxygens (including phenoxy) is 1. The predicted octanol–water partition coefficient (Wildman–Crippen LogP) is 4.31. The number of nitrogens with one attached hydrogen (secondary N) is 1. The highest BCUT2D eigenvalue weighted by atomic mass is 19.4. The van der Waals surface area contributed by atoms with Crippen molar-refractivity contribution in [1.29, 1.82) is 0 Å². The highest BCUT2D eigenvalue weighted by Gasteiger charge is 2.32. The molecule has 2 heterocycles. The number of halogens is 3. The first-order valence-corrected chi connectivity index (χ1v) is 8.03. The fourth-order valence-corrected chi connectivity index (χ4v) is 2.17. The van der Waals surface area contributed by atoms with Gasteiger partial charge in [0.2, 0.25) is 0 Å². The van der Waals surface area contributed by atoms with Gasteiger partial charge in [-0.25, -0.2) is 4.98 Å². The molecule has 2 aromatic heterocycles. The minimum absolute atomic E-state index is 0.294. The van der Waals surface area contributed by atoms with Crippen molar-refractivity contribution >= 4 is 0 Å². The van der Waals surface area contributed by atoms with E-state index >= 15 is 0 Å². The van der Waals surface area contributed by atoms with Gasteiger partial charge in [-0.15, -0.1) is 0 Å². The van der Waals surface area contributed by atoms with E-state index in [-0.39, 0.29) is 0 Å². The summed E-state index contributed by atoms with van der Waals surface area (Å²) in [6, 6.07) is 6.09. The minimum Gasteiger partial charge on any atom is -0.495 e. The van der Waals surface area contributed by atoms with E-state index in [1.165, 1.54) is 12.3 Å². The highest BCUT2D eigenvalue weighted by molar-refractivity contribution is 5.59. The van der Waals surface area contributed by atoms with E-state index in [1.807, 2.05) is 0 Å². The van der Waals surface area contributed by atoms with Crippen molar-refractivity contribution in [2.24, 2.45) is 5.92 Å². The first kappa shape index (κ1) is 19.2. The largest absolute Gasteiger partial charge is 0.495 e. The predicted molar refractivity (Wildman–Crippen MR) is 90.2 cm³/mol. The Morgan fingerprint density at radius 2 is 1.84 bits per heavy atom. The number of rotatable bonds is 6. The quantitative estimate of drug-likeness (QED) is 0.841. The first-order chi connectivity index (χ1) is 11.7. The third kappa shape index (κ3) is 4.92. The summed E-state index contributed by atoms with van der Waals surface area (Å²) in [6.07, 6.45) is -3.26. The van der Waals surface area contributed by atoms with Crippen LogP contribution in [0, 0.1) is 5.92 Å². The molecule has 0 saturated carbocycles. The average molecular weight is 353 g/mol. The Hall–Kier alpha value is -2.15. The molecule has 0 fully saturated rings. The van der Waals surface area contributed by atoms with E-state index in [0.29, 0.717) is 41.2 Å². The Morgan fingerprint density at radius 1 is 1.12 bits per heavy atom. The van der Waals surface area contributed by atoms with Crippen LogP contribution < -0.4 is 10.1 Å². The molecule has 136 valence electrons. The SMILES string of the molecule is COc1ccc(-c2ccc(C(F)(F)F)nc2)nc1CN[C@H](C)C(C)C. The minimum atomic E-state index is -4.45. The zero-order chi connectivity index (χ0) is 18.6. The van der Waals surface area contributed by atoms with E-state index < -0.39 is 11.9 Å². The van der Waals surface area contributed by atoms with Crippen molar-refractivity contribution in [3.05, 3.63) is 41.9 Å². The second-order valence-electron chi connectivity index (χ2n) is 6.19. The molecular weight excluding hydrogens is 331 g/mol. The molecule has 1 N–H and O–H groups in total. The van der Waals surface area contributed by atoms with Crippen LogP contribution in [0.5, 0.6) is 5.75 Å². The Balaban J connectivity index is 2.26. The first-order valence-electron chi connectivity index (χ1n) is 8.03. The summed E-state index contributed by atoms with van der Waals surface area (Å²) >= 11 is 0. The molecule has 1 atom stereocenters. The maximum Gasteiger partial charge on any atom is 0.433 e. The molecule has 0 aliphatic rings. The van der Waals surface area contributed by atoms with Crippen LogP contribution in [-0.4, -0.2) is 23.1 Å². The van der Waals surface area contributed by atoms with Crippen molar-refractivity contribution in [2.45, 2.75) is 39.5 Å². The van der Waals surface area contributed by atoms with Gasteiger partial charge in [-0.05, 0) is 37.1 Å². The number of nitrogens with zero attached hydrogens (tertiary/aromatic N) is 2. The van der Waals surface area contributed by atoms with E-state index in [4.69, 9.17) is 4.74 Å². The fourth-order valence-electron chi connectivity index (χ4n) is 2.17. The number of aromatic nitrogens is 2. The third-order valence-electron chi connectivity index (χ3n) is 4.09. The second-order valence-corrected chi connectivity index (χ2v) is 6.19. The molecule has 0 bridgehead atoms. The maximum absolute atomic E-state index is 12.6. The summed E-state index contributed by atoms with van der Waals surface area (Å²) < 4.78 is 43.2. The Labute approximate surface area is 145 Å². The zero-order valence-electron chi connectivity index (χ0n) is 14.7. The zero-order valence-corrected chi connectivity index (χ0v) is 14.7. The lowest BCUT2D eigenvalue weighted by molar-refractivity contribution is -0.141. The van der Waals surface area contributed by atoms with Crippen LogP contribution >= 0.6 is 0 Å². The van der Waals surface area contributed by atoms with Gasteiger partial charge in [-0.1, -0.05) is 13.8 Å². The van der Waals surface area contributed by atoms with E-state index in [0.717, 1.165) is 6.07 Å². The van der Waals surface area contributed by atoms with Crippen molar-refractivity contribution in [1.82, 2.24) is 15.3 Å². The molecule has 2 rings (SSSR count). The Kier molecular flexibility index (Phi) is 6.00. The molecule has 0 aromatic carbocycles. The number of pyridine rings is 2. The van der Waals surface area contributed by atoms with E-state index in [9.17, 15) is 13.2 Å². The summed E-state index contributed by atoms with van der Waals surface area (Å²) in [4.78, 5) is 8.01. The number of hydrogen-bond donors (Lipinski definition) is 1. The average Bonchev–Trinajstić information content (AvgIpc) is 2.58. The van der Waals surface area contributed by atoms with E-state index in [1.54, 1.807) is 19.2 Å². The topological polar surface area (TPSA) is 47.0 Å². The molecule has 4 nitrogen and oxygen atoms in total. The second kappa shape index (κ2) is 7.82. The van der Waals surface area contributed by atoms with Crippen LogP contribution in [0.2, 0.25) is 0 Å². The summed E-state index contributed by atoms with van der Waals surface area (Å²) in [5.74, 6) is 1.10. The van der Waals surface area contributed by atoms with Gasteiger partial charge >= 0.3 is 6.18 Å². The summed E-state index contributed by atoms with van der Waals surface area (Å²) in [5, 5.41) is 3.37. The molecule has 0 amide bonds. The van der Waals surface area contributed by atoms with Gasteiger partial charge in [-0.3, -0.25) is 4.98 Å². The standard InChI is InChI=1S/C18H22F3N3O/c1-11(2)12(3)22-10-15-16(25-4)7-6-14(24-15)13-5-8-17(23-9-13)18(19,20)21/h5-9,11-12,22H,10H2,1-4H3/t12-/m1/s1. The molecular formula is C18H22F3N3O. The number of methoxy groups -OCH3 is 1. The van der Waals surface area contributed by atoms with Crippen molar-refractivity contribution < 1.29 is 17.9 Å². The maximum atomic E-state index is 12.6. The fraction of sp³-hybridized carbons (Fsp3) is 0.444. The van der Waals surface area contributed by atoms with Gasteiger partial charge in [0.25, 0.3) is 0 Å². The lowest BCUT2D eigenvalue weighted by Crippen LogP contribution is -2.30. The van der Waals surface area contributed by atoms with E-state index in [2.05, 4.69) is 36.1 Å². The normalized spacial score (nSPS) is 13.1. The van der Waals surface area contributed by atoms with Crippen molar-refractivity contribution in [3.8, 4) is 17.0 Å². The van der Waals surface area contributed by atoms with Gasteiger partial charge in [0.05, 0.1) is 18.5 Å². The summed E-state index contributed by atoms with van der Waals surface area (Å²) in [5.41, 5.74) is 0.856. The van der Waals surface area contributed by atoms with Crippen molar-refractivity contribution in [2.75, 3.05) is 7.11 Å². The summed E-state index contributed by atoms with van der Waals surface area (Å²) in [6.45, 7) is 6.82. The number of hydrogen-bond acceptors (Lipinski definition) is 4. The van der Waals surface area contributed by atoms with Crippen LogP contribution in [0.25, 0.3) is 11.3 Å². The highest BCUT2D eigenvalue weighted by Crippen LogP contribution is 2.29. The van der Waals surface area contributed by atoms with Crippen LogP contribution in [0.4, 0.5) is 13.2 Å². The van der Waals surface area contributed by atoms with Gasteiger partial charge in [0, 0.05) is 24.3 Å². The lowest BCUT2D eigenvalue weighted by Gasteiger charge is -2.18. The smallest absolute Gasteiger partial charge is 0.433 e. The molecule has 25 heavy (non-hydrogen) atoms. The third-order valence-corrected chi connectivity index (χ3v) is 4.09. The van der Waals surface area contributed by atoms with Crippen LogP contribution in [-0.2, 0) is 12.7 Å². The van der Waals surface area contributed by atoms with Gasteiger partial charge in [0.15, 0.2) is 0 Å². The van der Waals surface area contributed by atoms with Gasteiger partial charge < -0.3 is 10.1 Å². The van der Waals surface area contributed by atoms with Gasteiger partial charge in [-0.2, -0.15) is 13.2 Å². The Morgan fingerprint density at radius 3 is 2.36 bits per heavy atom. The molecule has 0 aliphatic heterocycles. The van der Waals surface area contributed by atoms with Gasteiger partial charge in [0.1, 0.15) is 11.4 Å². The summed E-state index contributed by atoms with van der Waals surface area (Å²) in [7, 11) is 1.56. The molecule has 0 aliphatic carbocycles.